The normalized spacial score (nSPS) is 10.2. The van der Waals surface area contributed by atoms with Crippen LogP contribution in [0.3, 0.4) is 0 Å². The molecule has 138 valence electrons. The van der Waals surface area contributed by atoms with Gasteiger partial charge in [-0.15, -0.1) is 0 Å². The summed E-state index contributed by atoms with van der Waals surface area (Å²) < 4.78 is 11.8. The summed E-state index contributed by atoms with van der Waals surface area (Å²) in [5.74, 6) is 0.310. The summed E-state index contributed by atoms with van der Waals surface area (Å²) in [7, 11) is 0. The number of amides is 2. The third-order valence-corrected chi connectivity index (χ3v) is 3.96. The molecule has 2 rings (SSSR count). The molecule has 0 aromatic heterocycles. The van der Waals surface area contributed by atoms with Crippen LogP contribution < -0.4 is 20.3 Å². The lowest BCUT2D eigenvalue weighted by Crippen LogP contribution is -2.45. The van der Waals surface area contributed by atoms with Gasteiger partial charge in [0, 0.05) is 4.47 Å². The number of carbonyl (C=O) groups excluding carboxylic acids is 2. The summed E-state index contributed by atoms with van der Waals surface area (Å²) in [5, 5.41) is 0. The third kappa shape index (κ3) is 6.07. The van der Waals surface area contributed by atoms with Gasteiger partial charge < -0.3 is 9.47 Å². The number of carbonyl (C=O) groups is 2. The average Bonchev–Trinajstić information content (AvgIpc) is 2.58. The van der Waals surface area contributed by atoms with Gasteiger partial charge in [0.2, 0.25) is 0 Å². The summed E-state index contributed by atoms with van der Waals surface area (Å²) in [6, 6.07) is 11.1. The van der Waals surface area contributed by atoms with Crippen LogP contribution in [0.5, 0.6) is 11.5 Å². The lowest BCUT2D eigenvalue weighted by Gasteiger charge is -2.13. The Bertz CT molecular complexity index is 768. The summed E-state index contributed by atoms with van der Waals surface area (Å²) in [4.78, 5) is 23.5. The third-order valence-electron chi connectivity index (χ3n) is 3.50. The van der Waals surface area contributed by atoms with Crippen LogP contribution in [0.2, 0.25) is 0 Å². The first kappa shape index (κ1) is 19.8. The van der Waals surface area contributed by atoms with Gasteiger partial charge in [-0.1, -0.05) is 33.6 Å². The van der Waals surface area contributed by atoms with Crippen LogP contribution in [0.1, 0.15) is 16.7 Å². The first-order valence-corrected chi connectivity index (χ1v) is 8.81. The van der Waals surface area contributed by atoms with Crippen molar-refractivity contribution in [3.63, 3.8) is 0 Å². The molecule has 2 amide bonds. The molecule has 0 aliphatic rings. The minimum absolute atomic E-state index is 0.199. The van der Waals surface area contributed by atoms with E-state index in [1.165, 1.54) is 0 Å². The van der Waals surface area contributed by atoms with Crippen LogP contribution in [0.25, 0.3) is 0 Å². The van der Waals surface area contributed by atoms with E-state index in [-0.39, 0.29) is 13.2 Å². The van der Waals surface area contributed by atoms with Gasteiger partial charge in [-0.3, -0.25) is 20.4 Å². The van der Waals surface area contributed by atoms with Crippen LogP contribution in [-0.4, -0.2) is 25.0 Å². The standard InChI is InChI=1S/C19H21BrN2O4/c1-12-4-6-16(7-5-12)25-10-17(23)21-22-18(24)11-26-19-13(2)8-15(20)9-14(19)3/h4-9H,10-11H2,1-3H3,(H,21,23)(H,22,24). The van der Waals surface area contributed by atoms with E-state index in [0.717, 1.165) is 21.2 Å². The zero-order chi connectivity index (χ0) is 19.1. The van der Waals surface area contributed by atoms with Crippen molar-refractivity contribution in [3.05, 3.63) is 57.6 Å². The van der Waals surface area contributed by atoms with Gasteiger partial charge in [-0.2, -0.15) is 0 Å². The van der Waals surface area contributed by atoms with Crippen molar-refractivity contribution in [2.24, 2.45) is 0 Å². The molecule has 2 aromatic carbocycles. The molecule has 0 atom stereocenters. The highest BCUT2D eigenvalue weighted by molar-refractivity contribution is 9.10. The summed E-state index contributed by atoms with van der Waals surface area (Å²) in [5.41, 5.74) is 7.52. The topological polar surface area (TPSA) is 76.7 Å². The zero-order valence-electron chi connectivity index (χ0n) is 14.9. The summed E-state index contributed by atoms with van der Waals surface area (Å²) in [6.45, 7) is 5.35. The number of rotatable bonds is 6. The van der Waals surface area contributed by atoms with Crippen molar-refractivity contribution < 1.29 is 19.1 Å². The van der Waals surface area contributed by atoms with E-state index in [1.807, 2.05) is 45.0 Å². The SMILES string of the molecule is Cc1ccc(OCC(=O)NNC(=O)COc2c(C)cc(Br)cc2C)cc1. The van der Waals surface area contributed by atoms with Crippen LogP contribution in [0, 0.1) is 20.8 Å². The van der Waals surface area contributed by atoms with E-state index in [4.69, 9.17) is 9.47 Å². The van der Waals surface area contributed by atoms with Gasteiger partial charge in [-0.25, -0.2) is 0 Å². The molecule has 2 aromatic rings. The second-order valence-corrected chi connectivity index (χ2v) is 6.77. The van der Waals surface area contributed by atoms with Crippen molar-refractivity contribution in [3.8, 4) is 11.5 Å². The maximum atomic E-state index is 11.8. The molecule has 0 radical (unpaired) electrons. The second-order valence-electron chi connectivity index (χ2n) is 5.86. The molecule has 26 heavy (non-hydrogen) atoms. The molecule has 7 heteroatoms. The number of hydrogen-bond acceptors (Lipinski definition) is 4. The van der Waals surface area contributed by atoms with E-state index in [0.29, 0.717) is 11.5 Å². The predicted molar refractivity (Wildman–Crippen MR) is 102 cm³/mol. The molecule has 6 nitrogen and oxygen atoms in total. The van der Waals surface area contributed by atoms with Gasteiger partial charge in [0.15, 0.2) is 13.2 Å². The Morgan fingerprint density at radius 2 is 1.38 bits per heavy atom. The summed E-state index contributed by atoms with van der Waals surface area (Å²) in [6.07, 6.45) is 0. The lowest BCUT2D eigenvalue weighted by molar-refractivity contribution is -0.131. The van der Waals surface area contributed by atoms with Crippen molar-refractivity contribution >= 4 is 27.7 Å². The maximum Gasteiger partial charge on any atom is 0.276 e. The molecule has 0 heterocycles. The van der Waals surface area contributed by atoms with Crippen LogP contribution in [0.4, 0.5) is 0 Å². The number of aryl methyl sites for hydroxylation is 3. The highest BCUT2D eigenvalue weighted by atomic mass is 79.9. The molecule has 0 unspecified atom stereocenters. The van der Waals surface area contributed by atoms with E-state index >= 15 is 0 Å². The molecular formula is C19H21BrN2O4. The molecule has 0 spiro atoms. The highest BCUT2D eigenvalue weighted by Crippen LogP contribution is 2.27. The van der Waals surface area contributed by atoms with Crippen molar-refractivity contribution in [2.45, 2.75) is 20.8 Å². The Kier molecular flexibility index (Phi) is 7.03. The molecule has 2 N–H and O–H groups in total. The minimum Gasteiger partial charge on any atom is -0.484 e. The Hall–Kier alpha value is -2.54. The number of hydrogen-bond donors (Lipinski definition) is 2. The van der Waals surface area contributed by atoms with Gasteiger partial charge in [0.05, 0.1) is 0 Å². The number of halogens is 1. The Morgan fingerprint density at radius 3 is 1.92 bits per heavy atom. The number of hydrazine groups is 1. The van der Waals surface area contributed by atoms with Gasteiger partial charge in [0.1, 0.15) is 11.5 Å². The Balaban J connectivity index is 1.73. The highest BCUT2D eigenvalue weighted by Gasteiger charge is 2.10. The average molecular weight is 421 g/mol. The van der Waals surface area contributed by atoms with E-state index < -0.39 is 11.8 Å². The first-order chi connectivity index (χ1) is 12.3. The van der Waals surface area contributed by atoms with Gasteiger partial charge in [-0.05, 0) is 56.2 Å². The maximum absolute atomic E-state index is 11.8. The predicted octanol–water partition coefficient (Wildman–Crippen LogP) is 2.98. The molecule has 0 saturated carbocycles. The minimum atomic E-state index is -0.463. The molecule has 0 fully saturated rings. The Morgan fingerprint density at radius 1 is 0.885 bits per heavy atom. The fraction of sp³-hybridized carbons (Fsp3) is 0.263. The number of benzene rings is 2. The zero-order valence-corrected chi connectivity index (χ0v) is 16.5. The van der Waals surface area contributed by atoms with E-state index in [1.54, 1.807) is 12.1 Å². The van der Waals surface area contributed by atoms with Gasteiger partial charge in [0.25, 0.3) is 11.8 Å². The quantitative estimate of drug-likeness (QED) is 0.704. The molecule has 0 saturated heterocycles. The van der Waals surface area contributed by atoms with Crippen LogP contribution >= 0.6 is 15.9 Å². The van der Waals surface area contributed by atoms with E-state index in [9.17, 15) is 9.59 Å². The van der Waals surface area contributed by atoms with Crippen molar-refractivity contribution in [1.82, 2.24) is 10.9 Å². The molecular weight excluding hydrogens is 400 g/mol. The fourth-order valence-electron chi connectivity index (χ4n) is 2.26. The second kappa shape index (κ2) is 9.24. The molecule has 0 bridgehead atoms. The van der Waals surface area contributed by atoms with E-state index in [2.05, 4.69) is 26.8 Å². The Labute approximate surface area is 161 Å². The number of ether oxygens (including phenoxy) is 2. The summed E-state index contributed by atoms with van der Waals surface area (Å²) >= 11 is 3.41. The van der Waals surface area contributed by atoms with Crippen molar-refractivity contribution in [2.75, 3.05) is 13.2 Å². The van der Waals surface area contributed by atoms with Crippen molar-refractivity contribution in [1.29, 1.82) is 0 Å². The number of nitrogens with one attached hydrogen (secondary N) is 2. The molecule has 0 aliphatic carbocycles. The van der Waals surface area contributed by atoms with Crippen LogP contribution in [0.15, 0.2) is 40.9 Å². The van der Waals surface area contributed by atoms with Gasteiger partial charge >= 0.3 is 0 Å². The smallest absolute Gasteiger partial charge is 0.276 e. The largest absolute Gasteiger partial charge is 0.484 e. The fourth-order valence-corrected chi connectivity index (χ4v) is 2.94. The monoisotopic (exact) mass is 420 g/mol. The molecule has 0 aliphatic heterocycles. The van der Waals surface area contributed by atoms with Crippen LogP contribution in [-0.2, 0) is 9.59 Å². The first-order valence-electron chi connectivity index (χ1n) is 8.02. The lowest BCUT2D eigenvalue weighted by atomic mass is 10.1.